The van der Waals surface area contributed by atoms with E-state index in [0.29, 0.717) is 153 Å². The Kier molecular flexibility index (Phi) is 20.0. The van der Waals surface area contributed by atoms with Gasteiger partial charge in [0, 0.05) is 71.7 Å². The Morgan fingerprint density at radius 3 is 2.13 bits per heavy atom. The van der Waals surface area contributed by atoms with Gasteiger partial charge in [0.2, 0.25) is 17.7 Å². The summed E-state index contributed by atoms with van der Waals surface area (Å²) < 4.78 is 52.2. The number of carbonyl (C=O) groups excluding carboxylic acids is 4. The van der Waals surface area contributed by atoms with E-state index in [0.717, 1.165) is 19.4 Å². The molecule has 3 fully saturated rings. The summed E-state index contributed by atoms with van der Waals surface area (Å²) in [4.78, 5) is 59.3. The lowest BCUT2D eigenvalue weighted by atomic mass is 9.88. The summed E-state index contributed by atoms with van der Waals surface area (Å²) in [6, 6.07) is 14.7. The van der Waals surface area contributed by atoms with Crippen LogP contribution in [0.3, 0.4) is 0 Å². The van der Waals surface area contributed by atoms with Crippen molar-refractivity contribution in [3.8, 4) is 39.6 Å². The van der Waals surface area contributed by atoms with Gasteiger partial charge in [0.05, 0.1) is 122 Å². The first-order valence-electron chi connectivity index (χ1n) is 25.7. The average Bonchev–Trinajstić information content (AvgIpc) is 4.07. The third-order valence-electron chi connectivity index (χ3n) is 13.6. The van der Waals surface area contributed by atoms with Gasteiger partial charge in [-0.15, -0.1) is 0 Å². The number of ether oxygens (including phenoxy) is 9. The fraction of sp³-hybridized carbons (Fsp3) is 0.537. The molecule has 0 unspecified atom stereocenters. The smallest absolute Gasteiger partial charge is 0.275 e. The molecule has 1 aromatic heterocycles. The Hall–Kier alpha value is -5.39. The predicted octanol–water partition coefficient (Wildman–Crippen LogP) is 5.56. The van der Waals surface area contributed by atoms with Gasteiger partial charge in [-0.05, 0) is 75.2 Å². The number of anilines is 1. The van der Waals surface area contributed by atoms with Crippen LogP contribution in [0.5, 0.6) is 11.5 Å². The fourth-order valence-electron chi connectivity index (χ4n) is 9.72. The molecule has 4 aliphatic rings. The van der Waals surface area contributed by atoms with E-state index in [9.17, 15) is 19.2 Å². The van der Waals surface area contributed by atoms with Crippen LogP contribution in [0.2, 0.25) is 10.0 Å². The van der Waals surface area contributed by atoms with Crippen molar-refractivity contribution in [3.63, 3.8) is 0 Å². The molecule has 1 atom stereocenters. The fourth-order valence-corrected chi connectivity index (χ4v) is 10.2. The number of hydrogen-bond donors (Lipinski definition) is 3. The highest BCUT2D eigenvalue weighted by atomic mass is 35.5. The van der Waals surface area contributed by atoms with Crippen LogP contribution in [-0.4, -0.2) is 187 Å². The van der Waals surface area contributed by atoms with Crippen LogP contribution in [0, 0.1) is 0 Å². The molecule has 3 aromatic carbocycles. The lowest BCUT2D eigenvalue weighted by Crippen LogP contribution is -2.68. The molecule has 0 saturated carbocycles. The molecule has 412 valence electrons. The van der Waals surface area contributed by atoms with Gasteiger partial charge in [-0.3, -0.25) is 19.2 Å². The SMILES string of the molecule is COCCOCCOCCOCCOCCOCCC(=O)N[C@H](CC(=O)N1CC2(CCCN2)C1)C(=O)Nc1cccc(-c2cc3c(cc2OC)OCc2c(C(=O)N4CCOCC4(C)C)nn(-c4cc(Cl)cc(Cl)c4)c2-3)c1. The van der Waals surface area contributed by atoms with Crippen LogP contribution >= 0.6 is 23.2 Å². The van der Waals surface area contributed by atoms with E-state index in [-0.39, 0.29) is 55.7 Å². The average molecular weight is 1100 g/mol. The van der Waals surface area contributed by atoms with Gasteiger partial charge >= 0.3 is 0 Å². The number of methoxy groups -OCH3 is 2. The van der Waals surface area contributed by atoms with Gasteiger partial charge in [0.1, 0.15) is 24.1 Å². The van der Waals surface area contributed by atoms with Gasteiger partial charge in [0.25, 0.3) is 5.91 Å². The van der Waals surface area contributed by atoms with Crippen molar-refractivity contribution >= 4 is 52.5 Å². The van der Waals surface area contributed by atoms with Crippen molar-refractivity contribution in [1.82, 2.24) is 30.2 Å². The van der Waals surface area contributed by atoms with Crippen LogP contribution < -0.4 is 25.4 Å². The molecule has 3 saturated heterocycles. The maximum atomic E-state index is 14.5. The first-order chi connectivity index (χ1) is 36.8. The summed E-state index contributed by atoms with van der Waals surface area (Å²) in [7, 11) is 3.18. The number of carbonyl (C=O) groups is 4. The zero-order valence-corrected chi connectivity index (χ0v) is 45.2. The molecule has 20 nitrogen and oxygen atoms in total. The molecule has 0 bridgehead atoms. The number of aromatic nitrogens is 2. The summed E-state index contributed by atoms with van der Waals surface area (Å²) in [6.07, 6.45) is 1.74. The molecule has 3 N–H and O–H groups in total. The van der Waals surface area contributed by atoms with Crippen molar-refractivity contribution in [2.75, 3.05) is 132 Å². The molecule has 1 spiro atoms. The van der Waals surface area contributed by atoms with Gasteiger partial charge in [0.15, 0.2) is 5.69 Å². The molecule has 0 aliphatic carbocycles. The zero-order valence-electron chi connectivity index (χ0n) is 43.7. The third kappa shape index (κ3) is 14.4. The maximum absolute atomic E-state index is 14.5. The summed E-state index contributed by atoms with van der Waals surface area (Å²) in [5, 5.41) is 15.0. The second-order valence-corrected chi connectivity index (χ2v) is 20.5. The molecule has 8 rings (SSSR count). The van der Waals surface area contributed by atoms with Gasteiger partial charge in [-0.1, -0.05) is 35.3 Å². The van der Waals surface area contributed by atoms with Crippen LogP contribution in [0.25, 0.3) is 28.1 Å². The molecule has 5 heterocycles. The van der Waals surface area contributed by atoms with Crippen LogP contribution in [-0.2, 0) is 54.1 Å². The van der Waals surface area contributed by atoms with E-state index in [4.69, 9.17) is 70.9 Å². The minimum atomic E-state index is -1.19. The molecule has 4 amide bonds. The Labute approximate surface area is 453 Å². The number of morpholine rings is 1. The highest BCUT2D eigenvalue weighted by Crippen LogP contribution is 2.47. The van der Waals surface area contributed by atoms with E-state index in [1.807, 2.05) is 26.0 Å². The summed E-state index contributed by atoms with van der Waals surface area (Å²) >= 11 is 13.1. The number of nitrogens with zero attached hydrogens (tertiary/aromatic N) is 4. The monoisotopic (exact) mass is 1090 g/mol. The first-order valence-corrected chi connectivity index (χ1v) is 26.5. The topological polar surface area (TPSA) is 212 Å². The second-order valence-electron chi connectivity index (χ2n) is 19.6. The van der Waals surface area contributed by atoms with Crippen LogP contribution in [0.15, 0.2) is 54.6 Å². The van der Waals surface area contributed by atoms with E-state index in [1.165, 1.54) is 0 Å². The van der Waals surface area contributed by atoms with Crippen LogP contribution in [0.4, 0.5) is 5.69 Å². The first kappa shape index (κ1) is 56.8. The highest BCUT2D eigenvalue weighted by molar-refractivity contribution is 6.34. The van der Waals surface area contributed by atoms with Crippen molar-refractivity contribution in [2.24, 2.45) is 0 Å². The number of likely N-dealkylation sites (tertiary alicyclic amines) is 1. The number of nitrogens with one attached hydrogen (secondary N) is 3. The molecular formula is C54H69Cl2N7O13. The minimum absolute atomic E-state index is 0.0433. The number of hydrogen-bond acceptors (Lipinski definition) is 15. The number of amides is 4. The Balaban J connectivity index is 0.935. The standard InChI is InChI=1S/C54H69Cl2N7O13/c1-53(2)35-75-14-12-62(53)52(67)49-43-32-76-46-31-45(69-4)41(29-42(46)50(43)63(60-49)40-27-37(55)26-38(56)28-40)36-7-5-8-39(25-36)58-51(66)44(30-48(65)61-33-54(34-61)10-6-11-57-54)59-47(64)9-13-70-17-18-72-21-22-74-24-23-73-20-19-71-16-15-68-3/h5,7-8,25-29,31,44,57H,6,9-24,30,32-35H2,1-4H3,(H,58,66)(H,59,64)/t44-/m1/s1. The molecule has 0 radical (unpaired) electrons. The highest BCUT2D eigenvalue weighted by Gasteiger charge is 2.47. The van der Waals surface area contributed by atoms with Gasteiger partial charge < -0.3 is 68.4 Å². The third-order valence-corrected chi connectivity index (χ3v) is 14.1. The number of benzene rings is 3. The zero-order chi connectivity index (χ0) is 53.7. The quantitative estimate of drug-likeness (QED) is 0.0624. The van der Waals surface area contributed by atoms with Gasteiger partial charge in [-0.25, -0.2) is 4.68 Å². The summed E-state index contributed by atoms with van der Waals surface area (Å²) in [5.74, 6) is -0.546. The summed E-state index contributed by atoms with van der Waals surface area (Å²) in [6.45, 7) is 11.4. The van der Waals surface area contributed by atoms with Crippen molar-refractivity contribution < 1.29 is 61.8 Å². The Bertz CT molecular complexity index is 2630. The second kappa shape index (κ2) is 26.8. The predicted molar refractivity (Wildman–Crippen MR) is 284 cm³/mol. The Morgan fingerprint density at radius 2 is 1.50 bits per heavy atom. The van der Waals surface area contributed by atoms with Crippen molar-refractivity contribution in [1.29, 1.82) is 0 Å². The lowest BCUT2D eigenvalue weighted by molar-refractivity contribution is -0.141. The van der Waals surface area contributed by atoms with Crippen molar-refractivity contribution in [3.05, 3.63) is 75.9 Å². The van der Waals surface area contributed by atoms with Crippen LogP contribution in [0.1, 0.15) is 55.6 Å². The minimum Gasteiger partial charge on any atom is -0.496 e. The normalized spacial score (nSPS) is 16.6. The molecule has 76 heavy (non-hydrogen) atoms. The van der Waals surface area contributed by atoms with E-state index in [1.54, 1.807) is 71.2 Å². The molecule has 22 heteroatoms. The van der Waals surface area contributed by atoms with Gasteiger partial charge in [-0.2, -0.15) is 5.10 Å². The molecule has 4 aromatic rings. The van der Waals surface area contributed by atoms with Crippen molar-refractivity contribution in [2.45, 2.75) is 63.3 Å². The number of fused-ring (bicyclic) bond motifs is 3. The maximum Gasteiger partial charge on any atom is 0.275 e. The Morgan fingerprint density at radius 1 is 0.829 bits per heavy atom. The largest absolute Gasteiger partial charge is 0.496 e. The lowest BCUT2D eigenvalue weighted by Gasteiger charge is -2.48. The number of rotatable bonds is 27. The van der Waals surface area contributed by atoms with E-state index in [2.05, 4.69) is 16.0 Å². The molecule has 4 aliphatic heterocycles. The number of halogens is 2. The van der Waals surface area contributed by atoms with E-state index < -0.39 is 23.4 Å². The summed E-state index contributed by atoms with van der Waals surface area (Å²) in [5.41, 5.74) is 3.60. The molecular weight excluding hydrogens is 1030 g/mol. The van der Waals surface area contributed by atoms with E-state index >= 15 is 0 Å².